The zero-order chi connectivity index (χ0) is 25.4. The van der Waals surface area contributed by atoms with Gasteiger partial charge in [-0.3, -0.25) is 14.4 Å². The maximum atomic E-state index is 13.9. The monoisotopic (exact) mass is 591 g/mol. The Balaban J connectivity index is 1.47. The molecule has 0 aromatic heterocycles. The van der Waals surface area contributed by atoms with Gasteiger partial charge in [-0.05, 0) is 55.7 Å². The van der Waals surface area contributed by atoms with Crippen LogP contribution in [-0.2, 0) is 14.4 Å². The number of amides is 3. The third-order valence-corrected chi connectivity index (χ3v) is 10.8. The van der Waals surface area contributed by atoms with Crippen LogP contribution in [0.1, 0.15) is 19.3 Å². The summed E-state index contributed by atoms with van der Waals surface area (Å²) in [6, 6.07) is 15.3. The van der Waals surface area contributed by atoms with Crippen LogP contribution in [0.4, 0.5) is 11.4 Å². The highest BCUT2D eigenvalue weighted by Gasteiger charge is 2.75. The Kier molecular flexibility index (Phi) is 7.36. The fraction of sp³-hybridized carbons (Fsp3) is 0.423. The predicted molar refractivity (Wildman–Crippen MR) is 145 cm³/mol. The lowest BCUT2D eigenvalue weighted by atomic mass is 9.70. The molecule has 3 aliphatic rings. The Hall–Kier alpha value is -2.07. The molecule has 0 radical (unpaired) electrons. The molecule has 3 saturated heterocycles. The Morgan fingerprint density at radius 3 is 2.42 bits per heavy atom. The number of nitrogens with zero attached hydrogens (tertiary/aromatic N) is 1. The number of hydrogen-bond acceptors (Lipinski definition) is 5. The van der Waals surface area contributed by atoms with Crippen LogP contribution in [0.25, 0.3) is 0 Å². The molecular formula is C26H27BrClN3O4S. The summed E-state index contributed by atoms with van der Waals surface area (Å²) in [7, 11) is 0. The van der Waals surface area contributed by atoms with Gasteiger partial charge in [0.15, 0.2) is 0 Å². The van der Waals surface area contributed by atoms with Crippen molar-refractivity contribution in [3.05, 3.63) is 59.6 Å². The molecule has 2 aromatic carbocycles. The number of para-hydroxylation sites is 1. The van der Waals surface area contributed by atoms with Gasteiger partial charge < -0.3 is 20.6 Å². The van der Waals surface area contributed by atoms with Gasteiger partial charge >= 0.3 is 0 Å². The summed E-state index contributed by atoms with van der Waals surface area (Å²) in [5.41, 5.74) is 1.27. The Labute approximate surface area is 227 Å². The normalized spacial score (nSPS) is 30.4. The van der Waals surface area contributed by atoms with E-state index >= 15 is 0 Å². The lowest BCUT2D eigenvalue weighted by molar-refractivity contribution is -0.138. The number of fused-ring (bicyclic) bond motifs is 1. The zero-order valence-electron chi connectivity index (χ0n) is 19.4. The Bertz CT molecular complexity index is 1150. The fourth-order valence-electron chi connectivity index (χ4n) is 5.86. The molecule has 2 aromatic rings. The third kappa shape index (κ3) is 4.44. The summed E-state index contributed by atoms with van der Waals surface area (Å²) in [5, 5.41) is 15.7. The molecule has 1 spiro atoms. The molecule has 36 heavy (non-hydrogen) atoms. The molecule has 3 fully saturated rings. The van der Waals surface area contributed by atoms with Crippen molar-refractivity contribution >= 4 is 68.4 Å². The molecule has 5 rings (SSSR count). The van der Waals surface area contributed by atoms with Crippen LogP contribution in [0.2, 0.25) is 5.02 Å². The topological polar surface area (TPSA) is 98.7 Å². The van der Waals surface area contributed by atoms with Crippen LogP contribution in [0.5, 0.6) is 0 Å². The van der Waals surface area contributed by atoms with E-state index in [-0.39, 0.29) is 34.4 Å². The summed E-state index contributed by atoms with van der Waals surface area (Å²) in [6.45, 7) is 0.363. The first-order valence-corrected chi connectivity index (χ1v) is 14.2. The summed E-state index contributed by atoms with van der Waals surface area (Å²) >= 11 is 11.4. The molecule has 7 nitrogen and oxygen atoms in total. The highest BCUT2D eigenvalue weighted by Crippen LogP contribution is 2.67. The molecule has 3 aliphatic heterocycles. The van der Waals surface area contributed by atoms with Gasteiger partial charge in [0.2, 0.25) is 17.7 Å². The van der Waals surface area contributed by atoms with Gasteiger partial charge in [0.25, 0.3) is 0 Å². The molecule has 2 bridgehead atoms. The number of benzene rings is 2. The van der Waals surface area contributed by atoms with Crippen molar-refractivity contribution in [2.75, 3.05) is 23.8 Å². The predicted octanol–water partition coefficient (Wildman–Crippen LogP) is 4.15. The van der Waals surface area contributed by atoms with E-state index in [1.54, 1.807) is 40.9 Å². The maximum Gasteiger partial charge on any atom is 0.248 e. The molecule has 3 N–H and O–H groups in total. The number of hydrogen-bond donors (Lipinski definition) is 3. The van der Waals surface area contributed by atoms with Gasteiger partial charge in [0, 0.05) is 39.6 Å². The standard InChI is InChI=1S/C26H27BrClN3O4S/c27-18-14-26-20(19(21(18)36-26)23(33)29-16-6-2-1-3-7-16)25(35)31(12-4-5-13-32)22(26)24(34)30-17-10-8-15(28)9-11-17/h1-3,6-11,18-22,32H,4-5,12-14H2,(H,29,33)(H,30,34)/t18?,19-,20+,21-,22?,26?/m1/s1. The van der Waals surface area contributed by atoms with Crippen LogP contribution >= 0.6 is 39.3 Å². The number of aliphatic hydroxyl groups excluding tert-OH is 1. The van der Waals surface area contributed by atoms with Gasteiger partial charge in [0.1, 0.15) is 6.04 Å². The van der Waals surface area contributed by atoms with E-state index < -0.39 is 22.6 Å². The van der Waals surface area contributed by atoms with E-state index in [1.165, 1.54) is 0 Å². The van der Waals surface area contributed by atoms with Crippen molar-refractivity contribution in [2.45, 2.75) is 40.1 Å². The molecule has 0 saturated carbocycles. The Morgan fingerprint density at radius 1 is 1.06 bits per heavy atom. The molecule has 3 unspecified atom stereocenters. The number of alkyl halides is 1. The van der Waals surface area contributed by atoms with Crippen LogP contribution < -0.4 is 10.6 Å². The number of halogens is 2. The zero-order valence-corrected chi connectivity index (χ0v) is 22.6. The molecule has 3 amide bonds. The number of thioether (sulfide) groups is 1. The lowest BCUT2D eigenvalue weighted by Gasteiger charge is -2.35. The molecule has 3 heterocycles. The molecule has 0 aliphatic carbocycles. The first-order chi connectivity index (χ1) is 17.4. The molecular weight excluding hydrogens is 566 g/mol. The quantitative estimate of drug-likeness (QED) is 0.316. The number of nitrogens with one attached hydrogen (secondary N) is 2. The van der Waals surface area contributed by atoms with Gasteiger partial charge in [0.05, 0.1) is 16.6 Å². The highest BCUT2D eigenvalue weighted by atomic mass is 79.9. The minimum absolute atomic E-state index is 0.00120. The van der Waals surface area contributed by atoms with Crippen molar-refractivity contribution in [1.29, 1.82) is 0 Å². The van der Waals surface area contributed by atoms with Crippen molar-refractivity contribution in [2.24, 2.45) is 11.8 Å². The van der Waals surface area contributed by atoms with Crippen LogP contribution in [-0.4, -0.2) is 61.7 Å². The molecule has 6 atom stereocenters. The van der Waals surface area contributed by atoms with E-state index in [1.807, 2.05) is 30.3 Å². The average Bonchev–Trinajstić information content (AvgIpc) is 3.45. The number of carbonyl (C=O) groups excluding carboxylic acids is 3. The smallest absolute Gasteiger partial charge is 0.248 e. The minimum Gasteiger partial charge on any atom is -0.396 e. The van der Waals surface area contributed by atoms with Crippen molar-refractivity contribution in [1.82, 2.24) is 4.90 Å². The van der Waals surface area contributed by atoms with E-state index in [0.717, 1.165) is 0 Å². The van der Waals surface area contributed by atoms with Crippen molar-refractivity contribution in [3.8, 4) is 0 Å². The van der Waals surface area contributed by atoms with Crippen LogP contribution in [0, 0.1) is 11.8 Å². The second-order valence-electron chi connectivity index (χ2n) is 9.48. The second-order valence-corrected chi connectivity index (χ2v) is 12.6. The summed E-state index contributed by atoms with van der Waals surface area (Å²) in [4.78, 5) is 42.9. The first-order valence-electron chi connectivity index (χ1n) is 12.0. The molecule has 10 heteroatoms. The average molecular weight is 593 g/mol. The molecule has 190 valence electrons. The Morgan fingerprint density at radius 2 is 1.72 bits per heavy atom. The SMILES string of the molecule is O=C(Nc1ccc(Cl)cc1)C1N(CCCCO)C(=O)[C@@H]2[C@@H](C(=O)Nc3ccccc3)[C@@H]3SC12CC3Br. The second kappa shape index (κ2) is 10.4. The number of rotatable bonds is 8. The van der Waals surface area contributed by atoms with Gasteiger partial charge in [-0.25, -0.2) is 0 Å². The number of likely N-dealkylation sites (tertiary alicyclic amines) is 1. The number of anilines is 2. The van der Waals surface area contributed by atoms with Crippen LogP contribution in [0.3, 0.4) is 0 Å². The summed E-state index contributed by atoms with van der Waals surface area (Å²) < 4.78 is -0.718. The first kappa shape index (κ1) is 25.6. The van der Waals surface area contributed by atoms with Crippen molar-refractivity contribution in [3.63, 3.8) is 0 Å². The third-order valence-electron chi connectivity index (χ3n) is 7.30. The summed E-state index contributed by atoms with van der Waals surface area (Å²) in [5.74, 6) is -1.78. The maximum absolute atomic E-state index is 13.9. The fourth-order valence-corrected chi connectivity index (χ4v) is 9.59. The largest absolute Gasteiger partial charge is 0.396 e. The number of aliphatic hydroxyl groups is 1. The van der Waals surface area contributed by atoms with Gasteiger partial charge in [-0.1, -0.05) is 45.7 Å². The number of unbranched alkanes of at least 4 members (excludes halogenated alkanes) is 1. The highest BCUT2D eigenvalue weighted by molar-refractivity contribution is 9.09. The van der Waals surface area contributed by atoms with Crippen LogP contribution in [0.15, 0.2) is 54.6 Å². The van der Waals surface area contributed by atoms with E-state index in [0.29, 0.717) is 42.2 Å². The van der Waals surface area contributed by atoms with E-state index in [4.69, 9.17) is 11.6 Å². The van der Waals surface area contributed by atoms with E-state index in [9.17, 15) is 19.5 Å². The lowest BCUT2D eigenvalue weighted by Crippen LogP contribution is -2.52. The minimum atomic E-state index is -0.728. The number of carbonyl (C=O) groups is 3. The van der Waals surface area contributed by atoms with Gasteiger partial charge in [-0.2, -0.15) is 0 Å². The van der Waals surface area contributed by atoms with Crippen molar-refractivity contribution < 1.29 is 19.5 Å². The summed E-state index contributed by atoms with van der Waals surface area (Å²) in [6.07, 6.45) is 1.72. The van der Waals surface area contributed by atoms with E-state index in [2.05, 4.69) is 26.6 Å². The van der Waals surface area contributed by atoms with Gasteiger partial charge in [-0.15, -0.1) is 11.8 Å².